The van der Waals surface area contributed by atoms with Crippen molar-refractivity contribution in [3.63, 3.8) is 0 Å². The summed E-state index contributed by atoms with van der Waals surface area (Å²) in [4.78, 5) is 10.6. The summed E-state index contributed by atoms with van der Waals surface area (Å²) in [6.07, 6.45) is 9.52. The summed E-state index contributed by atoms with van der Waals surface area (Å²) in [7, 11) is 0. The van der Waals surface area contributed by atoms with Crippen molar-refractivity contribution in [2.75, 3.05) is 0 Å². The normalized spacial score (nSPS) is 11.1. The average molecular weight is 222 g/mol. The third kappa shape index (κ3) is 8.05. The first kappa shape index (κ1) is 14.7. The first-order valence-electron chi connectivity index (χ1n) is 6.02. The molecule has 0 bridgehead atoms. The molecular formula is C13H20NO2-. The summed E-state index contributed by atoms with van der Waals surface area (Å²) in [6.45, 7) is 2.18. The molecule has 0 fully saturated rings. The van der Waals surface area contributed by atoms with Crippen LogP contribution < -0.4 is 5.11 Å². The van der Waals surface area contributed by atoms with Crippen LogP contribution in [0.3, 0.4) is 0 Å². The smallest absolute Gasteiger partial charge is 0.0915 e. The number of nitrogens with zero attached hydrogens (tertiary/aromatic N) is 1. The lowest BCUT2D eigenvalue weighted by Gasteiger charge is -2.06. The third-order valence-electron chi connectivity index (χ3n) is 2.55. The maximum Gasteiger partial charge on any atom is 0.0915 e. The summed E-state index contributed by atoms with van der Waals surface area (Å²) in [6, 6.07) is 1.74. The van der Waals surface area contributed by atoms with E-state index in [0.717, 1.165) is 25.3 Å². The van der Waals surface area contributed by atoms with Gasteiger partial charge in [-0.25, -0.2) is 0 Å². The van der Waals surface area contributed by atoms with Crippen LogP contribution in [0.5, 0.6) is 0 Å². The Balaban J connectivity index is 3.53. The van der Waals surface area contributed by atoms with Gasteiger partial charge in [-0.2, -0.15) is 5.26 Å². The van der Waals surface area contributed by atoms with Crippen molar-refractivity contribution < 1.29 is 9.90 Å². The van der Waals surface area contributed by atoms with E-state index in [4.69, 9.17) is 5.26 Å². The minimum atomic E-state index is -1.22. The number of rotatable bonds is 9. The zero-order valence-electron chi connectivity index (χ0n) is 10.00. The Kier molecular flexibility index (Phi) is 9.39. The fourth-order valence-electron chi connectivity index (χ4n) is 1.58. The zero-order chi connectivity index (χ0) is 12.2. The number of carboxylic acids is 1. The van der Waals surface area contributed by atoms with Crippen molar-refractivity contribution in [2.45, 2.75) is 58.3 Å². The highest BCUT2D eigenvalue weighted by molar-refractivity contribution is 5.85. The summed E-state index contributed by atoms with van der Waals surface area (Å²) < 4.78 is 0. The number of unbranched alkanes of at least 4 members (excludes halogenated alkanes) is 6. The van der Waals surface area contributed by atoms with E-state index in [1.165, 1.54) is 25.7 Å². The largest absolute Gasteiger partial charge is 0.545 e. The molecule has 0 aromatic carbocycles. The molecule has 0 saturated heterocycles. The molecule has 3 nitrogen and oxygen atoms in total. The number of carboxylic acid groups (broad SMARTS) is 1. The first-order chi connectivity index (χ1) is 7.72. The molecule has 0 radical (unpaired) electrons. The predicted octanol–water partition coefficient (Wildman–Crippen LogP) is 2.33. The van der Waals surface area contributed by atoms with Crippen LogP contribution in [0.25, 0.3) is 0 Å². The first-order valence-corrected chi connectivity index (χ1v) is 6.02. The Morgan fingerprint density at radius 1 is 1.19 bits per heavy atom. The van der Waals surface area contributed by atoms with Gasteiger partial charge in [0.15, 0.2) is 0 Å². The SMILES string of the molecule is CCCCCCCCC/C(=C/C#N)C(=O)[O-]. The molecule has 0 amide bonds. The molecule has 0 unspecified atom stereocenters. The van der Waals surface area contributed by atoms with Crippen LogP contribution in [-0.4, -0.2) is 5.97 Å². The molecule has 16 heavy (non-hydrogen) atoms. The minimum absolute atomic E-state index is 0.121. The molecule has 3 heteroatoms. The number of allylic oxidation sites excluding steroid dienone is 1. The Labute approximate surface area is 97.8 Å². The molecule has 0 atom stereocenters. The van der Waals surface area contributed by atoms with E-state index in [0.29, 0.717) is 6.42 Å². The van der Waals surface area contributed by atoms with E-state index in [-0.39, 0.29) is 5.57 Å². The van der Waals surface area contributed by atoms with Gasteiger partial charge < -0.3 is 9.90 Å². The van der Waals surface area contributed by atoms with Gasteiger partial charge in [0, 0.05) is 6.08 Å². The van der Waals surface area contributed by atoms with Crippen LogP contribution in [-0.2, 0) is 4.79 Å². The fourth-order valence-corrected chi connectivity index (χ4v) is 1.58. The van der Waals surface area contributed by atoms with Gasteiger partial charge in [-0.05, 0) is 18.4 Å². The molecule has 0 spiro atoms. The second-order valence-corrected chi connectivity index (χ2v) is 3.96. The van der Waals surface area contributed by atoms with Gasteiger partial charge in [0.1, 0.15) is 0 Å². The van der Waals surface area contributed by atoms with E-state index in [2.05, 4.69) is 6.92 Å². The van der Waals surface area contributed by atoms with Crippen molar-refractivity contribution in [1.82, 2.24) is 0 Å². The molecular weight excluding hydrogens is 202 g/mol. The zero-order valence-corrected chi connectivity index (χ0v) is 10.00. The molecule has 0 N–H and O–H groups in total. The Morgan fingerprint density at radius 3 is 2.25 bits per heavy atom. The fraction of sp³-hybridized carbons (Fsp3) is 0.692. The highest BCUT2D eigenvalue weighted by Gasteiger charge is 1.98. The van der Waals surface area contributed by atoms with Crippen molar-refractivity contribution in [2.24, 2.45) is 0 Å². The number of carbonyl (C=O) groups is 1. The molecule has 0 aliphatic carbocycles. The molecule has 0 aliphatic rings. The van der Waals surface area contributed by atoms with Crippen LogP contribution >= 0.6 is 0 Å². The molecule has 0 rings (SSSR count). The number of hydrogen-bond donors (Lipinski definition) is 0. The topological polar surface area (TPSA) is 63.9 Å². The summed E-state index contributed by atoms with van der Waals surface area (Å²) in [5.74, 6) is -1.22. The van der Waals surface area contributed by atoms with Crippen LogP contribution in [0.15, 0.2) is 11.6 Å². The Morgan fingerprint density at radius 2 is 1.75 bits per heavy atom. The lowest BCUT2D eigenvalue weighted by molar-refractivity contribution is -0.299. The highest BCUT2D eigenvalue weighted by Crippen LogP contribution is 2.11. The second-order valence-electron chi connectivity index (χ2n) is 3.96. The predicted molar refractivity (Wildman–Crippen MR) is 61.3 cm³/mol. The van der Waals surface area contributed by atoms with Crippen molar-refractivity contribution >= 4 is 5.97 Å². The molecule has 0 saturated carbocycles. The van der Waals surface area contributed by atoms with Crippen LogP contribution in [0.2, 0.25) is 0 Å². The van der Waals surface area contributed by atoms with Crippen LogP contribution in [0.1, 0.15) is 58.3 Å². The highest BCUT2D eigenvalue weighted by atomic mass is 16.4. The summed E-state index contributed by atoms with van der Waals surface area (Å²) >= 11 is 0. The average Bonchev–Trinajstić information content (AvgIpc) is 2.26. The molecule has 0 aromatic heterocycles. The Bertz CT molecular complexity index is 264. The van der Waals surface area contributed by atoms with E-state index in [1.54, 1.807) is 6.07 Å². The van der Waals surface area contributed by atoms with Crippen molar-refractivity contribution in [1.29, 1.82) is 5.26 Å². The molecule has 0 aliphatic heterocycles. The molecule has 0 heterocycles. The van der Waals surface area contributed by atoms with E-state index in [9.17, 15) is 9.90 Å². The number of nitriles is 1. The van der Waals surface area contributed by atoms with Crippen LogP contribution in [0.4, 0.5) is 0 Å². The minimum Gasteiger partial charge on any atom is -0.545 e. The van der Waals surface area contributed by atoms with E-state index >= 15 is 0 Å². The number of hydrogen-bond acceptors (Lipinski definition) is 3. The number of aliphatic carboxylic acids is 1. The van der Waals surface area contributed by atoms with Crippen molar-refractivity contribution in [3.8, 4) is 6.07 Å². The lowest BCUT2D eigenvalue weighted by atomic mass is 10.0. The second kappa shape index (κ2) is 10.2. The summed E-state index contributed by atoms with van der Waals surface area (Å²) in [5, 5.41) is 18.9. The Hall–Kier alpha value is -1.30. The van der Waals surface area contributed by atoms with Gasteiger partial charge in [0.25, 0.3) is 0 Å². The van der Waals surface area contributed by atoms with Crippen LogP contribution in [0, 0.1) is 11.3 Å². The third-order valence-corrected chi connectivity index (χ3v) is 2.55. The van der Waals surface area contributed by atoms with Crippen molar-refractivity contribution in [3.05, 3.63) is 11.6 Å². The maximum absolute atomic E-state index is 10.6. The lowest BCUT2D eigenvalue weighted by Crippen LogP contribution is -2.24. The standard InChI is InChI=1S/C13H21NO2/c1-2-3-4-5-6-7-8-9-12(10-11-14)13(15)16/h10H,2-9H2,1H3,(H,15,16)/p-1/b12-10-. The molecule has 90 valence electrons. The number of carbonyl (C=O) groups excluding carboxylic acids is 1. The quantitative estimate of drug-likeness (QED) is 0.341. The monoisotopic (exact) mass is 222 g/mol. The summed E-state index contributed by atoms with van der Waals surface area (Å²) in [5.41, 5.74) is 0.121. The van der Waals surface area contributed by atoms with E-state index in [1.807, 2.05) is 0 Å². The van der Waals surface area contributed by atoms with Gasteiger partial charge in [-0.1, -0.05) is 45.4 Å². The van der Waals surface area contributed by atoms with Gasteiger partial charge >= 0.3 is 0 Å². The van der Waals surface area contributed by atoms with Gasteiger partial charge in [-0.3, -0.25) is 0 Å². The van der Waals surface area contributed by atoms with E-state index < -0.39 is 5.97 Å². The van der Waals surface area contributed by atoms with Gasteiger partial charge in [-0.15, -0.1) is 0 Å². The molecule has 0 aromatic rings. The van der Waals surface area contributed by atoms with Gasteiger partial charge in [0.05, 0.1) is 12.0 Å². The van der Waals surface area contributed by atoms with Gasteiger partial charge in [0.2, 0.25) is 0 Å². The maximum atomic E-state index is 10.6.